The molecule has 0 spiro atoms. The smallest absolute Gasteiger partial charge is 0.409 e. The first kappa shape index (κ1) is 22.8. The zero-order valence-corrected chi connectivity index (χ0v) is 18.7. The first-order chi connectivity index (χ1) is 14.9. The fourth-order valence-corrected chi connectivity index (χ4v) is 3.78. The van der Waals surface area contributed by atoms with Crippen LogP contribution in [0.25, 0.3) is 0 Å². The van der Waals surface area contributed by atoms with Crippen LogP contribution in [0.15, 0.2) is 29.6 Å². The van der Waals surface area contributed by atoms with Crippen LogP contribution in [0.5, 0.6) is 0 Å². The van der Waals surface area contributed by atoms with E-state index in [1.165, 1.54) is 11.3 Å². The fourth-order valence-electron chi connectivity index (χ4n) is 2.95. The Balaban J connectivity index is 1.42. The third kappa shape index (κ3) is 6.83. The number of hydrogen-bond acceptors (Lipinski definition) is 6. The molecule has 1 aromatic carbocycles. The molecule has 9 nitrogen and oxygen atoms in total. The highest BCUT2D eigenvalue weighted by molar-refractivity contribution is 7.13. The molecule has 0 saturated carbocycles. The third-order valence-electron chi connectivity index (χ3n) is 4.60. The predicted octanol–water partition coefficient (Wildman–Crippen LogP) is 2.96. The molecule has 1 aromatic heterocycles. The van der Waals surface area contributed by atoms with E-state index in [-0.39, 0.29) is 24.5 Å². The normalized spacial score (nSPS) is 13.6. The molecule has 4 amide bonds. The summed E-state index contributed by atoms with van der Waals surface area (Å²) in [7, 11) is 0. The zero-order chi connectivity index (χ0) is 22.2. The minimum absolute atomic E-state index is 0.123. The van der Waals surface area contributed by atoms with Gasteiger partial charge in [-0.3, -0.25) is 10.1 Å². The number of anilines is 1. The van der Waals surface area contributed by atoms with Gasteiger partial charge in [-0.25, -0.2) is 14.6 Å². The number of ether oxygens (including phenoxy) is 1. The topological polar surface area (TPSA) is 104 Å². The highest BCUT2D eigenvalue weighted by Gasteiger charge is 2.25. The van der Waals surface area contributed by atoms with Gasteiger partial charge in [0.2, 0.25) is 5.91 Å². The van der Waals surface area contributed by atoms with Gasteiger partial charge >= 0.3 is 12.1 Å². The molecule has 1 saturated heterocycles. The van der Waals surface area contributed by atoms with E-state index in [0.717, 1.165) is 5.56 Å². The molecule has 3 rings (SSSR count). The molecule has 0 atom stereocenters. The van der Waals surface area contributed by atoms with Crippen molar-refractivity contribution in [3.8, 4) is 0 Å². The number of nitrogens with one attached hydrogen (secondary N) is 2. The number of nitrogens with zero attached hydrogens (tertiary/aromatic N) is 3. The molecule has 11 heteroatoms. The highest BCUT2D eigenvalue weighted by Crippen LogP contribution is 2.17. The van der Waals surface area contributed by atoms with Gasteiger partial charge in [0.1, 0.15) is 0 Å². The van der Waals surface area contributed by atoms with Crippen molar-refractivity contribution >= 4 is 46.1 Å². The Morgan fingerprint density at radius 1 is 1.13 bits per heavy atom. The summed E-state index contributed by atoms with van der Waals surface area (Å²) in [4.78, 5) is 43.8. The number of rotatable bonds is 6. The number of carbonyl (C=O) groups is 3. The quantitative estimate of drug-likeness (QED) is 0.682. The fraction of sp³-hybridized carbons (Fsp3) is 0.400. The molecule has 31 heavy (non-hydrogen) atoms. The summed E-state index contributed by atoms with van der Waals surface area (Å²) in [5, 5.41) is 8.41. The van der Waals surface area contributed by atoms with Gasteiger partial charge in [-0.05, 0) is 24.6 Å². The SMILES string of the molecule is CCOC(=O)N1CCN(C(=O)Nc2nc(CC(=O)NCc3ccc(Cl)cc3)cs2)CC1. The van der Waals surface area contributed by atoms with E-state index in [1.807, 2.05) is 12.1 Å². The van der Waals surface area contributed by atoms with Crippen LogP contribution in [0.2, 0.25) is 5.02 Å². The van der Waals surface area contributed by atoms with Gasteiger partial charge < -0.3 is 19.9 Å². The van der Waals surface area contributed by atoms with Crippen molar-refractivity contribution in [3.63, 3.8) is 0 Å². The number of hydrogen-bond donors (Lipinski definition) is 2. The number of amides is 4. The number of urea groups is 1. The standard InChI is InChI=1S/C20H24ClN5O4S/c1-2-30-20(29)26-9-7-25(8-10-26)19(28)24-18-23-16(13-31-18)11-17(27)22-12-14-3-5-15(21)6-4-14/h3-6,13H,2,7-12H2,1H3,(H,22,27)(H,23,24,28). The summed E-state index contributed by atoms with van der Waals surface area (Å²) in [5.41, 5.74) is 1.54. The molecular weight excluding hydrogens is 442 g/mol. The van der Waals surface area contributed by atoms with E-state index in [0.29, 0.717) is 55.2 Å². The van der Waals surface area contributed by atoms with Crippen molar-refractivity contribution in [2.45, 2.75) is 19.9 Å². The van der Waals surface area contributed by atoms with Crippen LogP contribution in [0.3, 0.4) is 0 Å². The zero-order valence-electron chi connectivity index (χ0n) is 17.1. The van der Waals surface area contributed by atoms with Crippen molar-refractivity contribution in [1.82, 2.24) is 20.1 Å². The summed E-state index contributed by atoms with van der Waals surface area (Å²) >= 11 is 7.12. The predicted molar refractivity (Wildman–Crippen MR) is 118 cm³/mol. The van der Waals surface area contributed by atoms with Crippen molar-refractivity contribution in [1.29, 1.82) is 0 Å². The Bertz CT molecular complexity index is 913. The molecule has 0 bridgehead atoms. The lowest BCUT2D eigenvalue weighted by atomic mass is 10.2. The molecule has 0 aliphatic carbocycles. The average Bonchev–Trinajstić information content (AvgIpc) is 3.20. The Morgan fingerprint density at radius 3 is 2.48 bits per heavy atom. The third-order valence-corrected chi connectivity index (χ3v) is 5.66. The molecule has 166 valence electrons. The number of carbonyl (C=O) groups excluding carboxylic acids is 3. The van der Waals surface area contributed by atoms with E-state index in [9.17, 15) is 14.4 Å². The van der Waals surface area contributed by atoms with E-state index < -0.39 is 0 Å². The average molecular weight is 466 g/mol. The second-order valence-electron chi connectivity index (χ2n) is 6.83. The number of halogens is 1. The number of aromatic nitrogens is 1. The number of piperazine rings is 1. The minimum Gasteiger partial charge on any atom is -0.450 e. The van der Waals surface area contributed by atoms with Gasteiger partial charge in [0.05, 0.1) is 18.7 Å². The minimum atomic E-state index is -0.360. The first-order valence-electron chi connectivity index (χ1n) is 9.87. The van der Waals surface area contributed by atoms with E-state index in [2.05, 4.69) is 15.6 Å². The summed E-state index contributed by atoms with van der Waals surface area (Å²) in [6, 6.07) is 6.97. The van der Waals surface area contributed by atoms with Crippen LogP contribution in [-0.4, -0.2) is 65.6 Å². The summed E-state index contributed by atoms with van der Waals surface area (Å²) < 4.78 is 4.98. The van der Waals surface area contributed by atoms with E-state index in [4.69, 9.17) is 16.3 Å². The molecule has 0 unspecified atom stereocenters. The molecule has 1 aliphatic rings. The van der Waals surface area contributed by atoms with Crippen molar-refractivity contribution in [2.75, 3.05) is 38.1 Å². The van der Waals surface area contributed by atoms with E-state index in [1.54, 1.807) is 34.2 Å². The first-order valence-corrected chi connectivity index (χ1v) is 11.1. The molecule has 1 aliphatic heterocycles. The highest BCUT2D eigenvalue weighted by atomic mass is 35.5. The van der Waals surface area contributed by atoms with Crippen molar-refractivity contribution in [3.05, 3.63) is 45.9 Å². The Labute approximate surface area is 189 Å². The number of benzene rings is 1. The van der Waals surface area contributed by atoms with Crippen LogP contribution >= 0.6 is 22.9 Å². The molecular formula is C20H24ClN5O4S. The van der Waals surface area contributed by atoms with E-state index >= 15 is 0 Å². The van der Waals surface area contributed by atoms with Crippen LogP contribution in [-0.2, 0) is 22.5 Å². The maximum atomic E-state index is 12.4. The largest absolute Gasteiger partial charge is 0.450 e. The van der Waals surface area contributed by atoms with Crippen molar-refractivity contribution in [2.24, 2.45) is 0 Å². The Kier molecular flexibility index (Phi) is 8.07. The Morgan fingerprint density at radius 2 is 1.81 bits per heavy atom. The molecule has 2 heterocycles. The summed E-state index contributed by atoms with van der Waals surface area (Å²) in [6.07, 6.45) is -0.237. The van der Waals surface area contributed by atoms with Gasteiger partial charge in [-0.15, -0.1) is 11.3 Å². The van der Waals surface area contributed by atoms with Crippen LogP contribution in [0, 0.1) is 0 Å². The maximum absolute atomic E-state index is 12.4. The lowest BCUT2D eigenvalue weighted by Crippen LogP contribution is -2.51. The Hall–Kier alpha value is -2.85. The van der Waals surface area contributed by atoms with Gasteiger partial charge in [0.15, 0.2) is 5.13 Å². The summed E-state index contributed by atoms with van der Waals surface area (Å²) in [5.74, 6) is -0.159. The molecule has 2 N–H and O–H groups in total. The lowest BCUT2D eigenvalue weighted by molar-refractivity contribution is -0.120. The van der Waals surface area contributed by atoms with Gasteiger partial charge in [0.25, 0.3) is 0 Å². The van der Waals surface area contributed by atoms with Gasteiger partial charge in [-0.2, -0.15) is 0 Å². The molecule has 1 fully saturated rings. The van der Waals surface area contributed by atoms with Crippen LogP contribution in [0.4, 0.5) is 14.7 Å². The lowest BCUT2D eigenvalue weighted by Gasteiger charge is -2.33. The molecule has 2 aromatic rings. The van der Waals surface area contributed by atoms with Gasteiger partial charge in [0, 0.05) is 43.1 Å². The van der Waals surface area contributed by atoms with Gasteiger partial charge in [-0.1, -0.05) is 23.7 Å². The second kappa shape index (κ2) is 11.0. The maximum Gasteiger partial charge on any atom is 0.409 e. The van der Waals surface area contributed by atoms with Crippen LogP contribution < -0.4 is 10.6 Å². The second-order valence-corrected chi connectivity index (χ2v) is 8.12. The summed E-state index contributed by atoms with van der Waals surface area (Å²) in [6.45, 7) is 4.15. The molecule has 0 radical (unpaired) electrons. The van der Waals surface area contributed by atoms with Crippen molar-refractivity contribution < 1.29 is 19.1 Å². The monoisotopic (exact) mass is 465 g/mol. The number of thiazole rings is 1. The van der Waals surface area contributed by atoms with Crippen LogP contribution in [0.1, 0.15) is 18.2 Å².